The quantitative estimate of drug-likeness (QED) is 0.618. The van der Waals surface area contributed by atoms with Crippen LogP contribution in [0.25, 0.3) is 0 Å². The summed E-state index contributed by atoms with van der Waals surface area (Å²) in [6.07, 6.45) is -0.463. The number of rotatable bonds is 4. The lowest BCUT2D eigenvalue weighted by Gasteiger charge is -2.31. The van der Waals surface area contributed by atoms with E-state index in [4.69, 9.17) is 4.43 Å². The van der Waals surface area contributed by atoms with Gasteiger partial charge in [0.2, 0.25) is 0 Å². The molecule has 0 aliphatic rings. The Balaban J connectivity index is 2.99. The van der Waals surface area contributed by atoms with E-state index in [1.165, 1.54) is 24.3 Å². The van der Waals surface area contributed by atoms with Gasteiger partial charge >= 0.3 is 0 Å². The maximum Gasteiger partial charge on any atom is 0.190 e. The molecule has 1 unspecified atom stereocenters. The van der Waals surface area contributed by atoms with Crippen LogP contribution in [0.5, 0.6) is 0 Å². The van der Waals surface area contributed by atoms with Crippen molar-refractivity contribution in [3.63, 3.8) is 0 Å². The first-order valence-corrected chi connectivity index (χ1v) is 8.95. The third kappa shape index (κ3) is 4.03. The first-order chi connectivity index (χ1) is 8.21. The monoisotopic (exact) mass is 268 g/mol. The lowest BCUT2D eigenvalue weighted by molar-refractivity contribution is 0.0538. The zero-order valence-corrected chi connectivity index (χ0v) is 12.8. The fourth-order valence-corrected chi connectivity index (χ4v) is 2.77. The average molecular weight is 268 g/mol. The molecule has 0 amide bonds. The minimum Gasteiger partial charge on any atom is -0.410 e. The zero-order chi connectivity index (χ0) is 13.9. The molecule has 0 N–H and O–H groups in total. The van der Waals surface area contributed by atoms with Crippen LogP contribution in [0.2, 0.25) is 13.1 Å². The van der Waals surface area contributed by atoms with Gasteiger partial charge in [0, 0.05) is 5.56 Å². The Hall–Kier alpha value is -1.00. The van der Waals surface area contributed by atoms with Crippen LogP contribution < -0.4 is 0 Å². The van der Waals surface area contributed by atoms with Gasteiger partial charge in [-0.3, -0.25) is 4.79 Å². The Morgan fingerprint density at radius 3 is 2.11 bits per heavy atom. The molecule has 1 aromatic carbocycles. The topological polar surface area (TPSA) is 26.3 Å². The van der Waals surface area contributed by atoms with Crippen molar-refractivity contribution >= 4 is 14.8 Å². The number of Topliss-reactive ketones (excluding diaryl/α,β-unsaturated/α-hetero) is 1. The van der Waals surface area contributed by atoms with Crippen molar-refractivity contribution in [1.29, 1.82) is 0 Å². The summed E-state index contributed by atoms with van der Waals surface area (Å²) in [5, 5.41) is 0. The number of carbonyl (C=O) groups excluding carboxylic acids is 1. The molecule has 0 bridgehead atoms. The molecule has 0 heterocycles. The highest BCUT2D eigenvalue weighted by atomic mass is 28.3. The van der Waals surface area contributed by atoms with Crippen molar-refractivity contribution in [3.05, 3.63) is 35.6 Å². The Labute approximate surface area is 110 Å². The maximum absolute atomic E-state index is 12.9. The molecule has 0 fully saturated rings. The SMILES string of the molecule is C[SiH](C)OC(C(=O)c1ccc(F)cc1)C(C)(C)C. The van der Waals surface area contributed by atoms with Gasteiger partial charge in [-0.15, -0.1) is 0 Å². The molecule has 0 aromatic heterocycles. The van der Waals surface area contributed by atoms with Crippen LogP contribution in [0.3, 0.4) is 0 Å². The molecule has 100 valence electrons. The Morgan fingerprint density at radius 1 is 1.22 bits per heavy atom. The van der Waals surface area contributed by atoms with Gasteiger partial charge < -0.3 is 4.43 Å². The number of hydrogen-bond acceptors (Lipinski definition) is 2. The predicted molar refractivity (Wildman–Crippen MR) is 73.9 cm³/mol. The Bertz CT molecular complexity index is 407. The second kappa shape index (κ2) is 5.76. The van der Waals surface area contributed by atoms with E-state index in [-0.39, 0.29) is 17.0 Å². The second-order valence-corrected chi connectivity index (χ2v) is 8.17. The molecule has 0 saturated carbocycles. The smallest absolute Gasteiger partial charge is 0.190 e. The van der Waals surface area contributed by atoms with E-state index in [9.17, 15) is 9.18 Å². The van der Waals surface area contributed by atoms with Crippen LogP contribution in [0.1, 0.15) is 31.1 Å². The van der Waals surface area contributed by atoms with Gasteiger partial charge in [0.15, 0.2) is 14.8 Å². The van der Waals surface area contributed by atoms with Crippen LogP contribution in [0.15, 0.2) is 24.3 Å². The number of carbonyl (C=O) groups is 1. The molecular formula is C14H21FO2Si. The van der Waals surface area contributed by atoms with E-state index < -0.39 is 15.1 Å². The molecule has 1 rings (SSSR count). The average Bonchev–Trinajstić information content (AvgIpc) is 2.24. The number of halogens is 1. The van der Waals surface area contributed by atoms with Crippen molar-refractivity contribution in [2.45, 2.75) is 40.0 Å². The summed E-state index contributed by atoms with van der Waals surface area (Å²) in [7, 11) is -1.31. The van der Waals surface area contributed by atoms with Gasteiger partial charge in [0.05, 0.1) is 0 Å². The molecule has 1 aromatic rings. The molecule has 0 aliphatic heterocycles. The van der Waals surface area contributed by atoms with Gasteiger partial charge in [-0.25, -0.2) is 4.39 Å². The van der Waals surface area contributed by atoms with Crippen molar-refractivity contribution < 1.29 is 13.6 Å². The third-order valence-corrected chi connectivity index (χ3v) is 3.38. The van der Waals surface area contributed by atoms with E-state index in [1.807, 2.05) is 33.9 Å². The molecule has 1 atom stereocenters. The fraction of sp³-hybridized carbons (Fsp3) is 0.500. The normalized spacial score (nSPS) is 13.7. The van der Waals surface area contributed by atoms with E-state index in [0.717, 1.165) is 0 Å². The molecule has 0 spiro atoms. The summed E-state index contributed by atoms with van der Waals surface area (Å²) < 4.78 is 18.7. The standard InChI is InChI=1S/C14H21FO2Si/c1-14(2,3)13(17-18(4)5)12(16)10-6-8-11(15)9-7-10/h6-9,13,18H,1-5H3. The van der Waals surface area contributed by atoms with E-state index in [2.05, 4.69) is 0 Å². The first kappa shape index (κ1) is 15.1. The van der Waals surface area contributed by atoms with Gasteiger partial charge in [-0.2, -0.15) is 0 Å². The molecule has 0 radical (unpaired) electrons. The van der Waals surface area contributed by atoms with Gasteiger partial charge in [0.25, 0.3) is 0 Å². The molecule has 2 nitrogen and oxygen atoms in total. The van der Waals surface area contributed by atoms with Gasteiger partial charge in [0.1, 0.15) is 11.9 Å². The molecular weight excluding hydrogens is 247 g/mol. The molecule has 0 saturated heterocycles. The van der Waals surface area contributed by atoms with Crippen molar-refractivity contribution in [2.24, 2.45) is 5.41 Å². The molecule has 18 heavy (non-hydrogen) atoms. The highest BCUT2D eigenvalue weighted by Gasteiger charge is 2.33. The summed E-state index contributed by atoms with van der Waals surface area (Å²) >= 11 is 0. The second-order valence-electron chi connectivity index (χ2n) is 5.80. The number of hydrogen-bond donors (Lipinski definition) is 0. The van der Waals surface area contributed by atoms with E-state index in [0.29, 0.717) is 5.56 Å². The minimum atomic E-state index is -1.31. The predicted octanol–water partition coefficient (Wildman–Crippen LogP) is 3.42. The summed E-state index contributed by atoms with van der Waals surface area (Å²) in [5.74, 6) is -0.401. The largest absolute Gasteiger partial charge is 0.410 e. The lowest BCUT2D eigenvalue weighted by atomic mass is 9.84. The van der Waals surface area contributed by atoms with Crippen LogP contribution in [-0.2, 0) is 4.43 Å². The Morgan fingerprint density at radius 2 is 1.72 bits per heavy atom. The van der Waals surface area contributed by atoms with Gasteiger partial charge in [-0.05, 0) is 42.8 Å². The van der Waals surface area contributed by atoms with Crippen molar-refractivity contribution in [2.75, 3.05) is 0 Å². The van der Waals surface area contributed by atoms with Crippen LogP contribution in [-0.4, -0.2) is 20.9 Å². The van der Waals surface area contributed by atoms with Crippen molar-refractivity contribution in [1.82, 2.24) is 0 Å². The third-order valence-electron chi connectivity index (χ3n) is 2.56. The minimum absolute atomic E-state index is 0.0660. The van der Waals surface area contributed by atoms with Crippen LogP contribution >= 0.6 is 0 Å². The molecule has 4 heteroatoms. The van der Waals surface area contributed by atoms with Gasteiger partial charge in [-0.1, -0.05) is 20.8 Å². The number of benzene rings is 1. The van der Waals surface area contributed by atoms with E-state index in [1.54, 1.807) is 0 Å². The zero-order valence-electron chi connectivity index (χ0n) is 11.7. The highest BCUT2D eigenvalue weighted by Crippen LogP contribution is 2.26. The summed E-state index contributed by atoms with van der Waals surface area (Å²) in [6, 6.07) is 5.64. The lowest BCUT2D eigenvalue weighted by Crippen LogP contribution is -2.40. The van der Waals surface area contributed by atoms with E-state index >= 15 is 0 Å². The van der Waals surface area contributed by atoms with Crippen LogP contribution in [0.4, 0.5) is 4.39 Å². The van der Waals surface area contributed by atoms with Crippen molar-refractivity contribution in [3.8, 4) is 0 Å². The van der Waals surface area contributed by atoms with Crippen LogP contribution in [0, 0.1) is 11.2 Å². The fourth-order valence-electron chi connectivity index (χ4n) is 1.70. The number of ketones is 1. The summed E-state index contributed by atoms with van der Waals surface area (Å²) in [6.45, 7) is 10.0. The summed E-state index contributed by atoms with van der Waals surface area (Å²) in [4.78, 5) is 12.4. The summed E-state index contributed by atoms with van der Waals surface area (Å²) in [5.41, 5.74) is 0.244. The first-order valence-electron chi connectivity index (χ1n) is 6.17. The maximum atomic E-state index is 12.9. The molecule has 0 aliphatic carbocycles. The Kier molecular flexibility index (Phi) is 4.82. The highest BCUT2D eigenvalue weighted by molar-refractivity contribution is 6.48.